The molecule has 0 aromatic carbocycles. The molecule has 22 heavy (non-hydrogen) atoms. The van der Waals surface area contributed by atoms with Crippen molar-refractivity contribution in [1.29, 1.82) is 0 Å². The number of hydrogen-bond acceptors (Lipinski definition) is 4. The monoisotopic (exact) mass is 313 g/mol. The van der Waals surface area contributed by atoms with E-state index in [4.69, 9.17) is 0 Å². The van der Waals surface area contributed by atoms with Crippen LogP contribution in [0.5, 0.6) is 0 Å². The highest BCUT2D eigenvalue weighted by molar-refractivity contribution is 7.78. The molecule has 0 amide bonds. The first kappa shape index (κ1) is 13.8. The van der Waals surface area contributed by atoms with Gasteiger partial charge in [0, 0.05) is 30.4 Å². The molecule has 0 radical (unpaired) electrons. The van der Waals surface area contributed by atoms with Gasteiger partial charge in [0.1, 0.15) is 5.69 Å². The van der Waals surface area contributed by atoms with Crippen LogP contribution >= 0.6 is 12.8 Å². The summed E-state index contributed by atoms with van der Waals surface area (Å²) in [7, 11) is 1.91. The maximum atomic E-state index is 4.61. The van der Waals surface area contributed by atoms with Gasteiger partial charge in [0.25, 0.3) is 0 Å². The van der Waals surface area contributed by atoms with E-state index in [1.54, 1.807) is 8.77 Å². The van der Waals surface area contributed by atoms with Crippen LogP contribution in [0.25, 0.3) is 22.3 Å². The van der Waals surface area contributed by atoms with Crippen LogP contribution in [0.3, 0.4) is 0 Å². The number of pyridine rings is 1. The van der Waals surface area contributed by atoms with Crippen LogP contribution in [0.1, 0.15) is 43.6 Å². The molecule has 5 nitrogen and oxygen atoms in total. The molecule has 3 aromatic heterocycles. The second-order valence-electron chi connectivity index (χ2n) is 6.12. The number of fused-ring (bicyclic) bond motifs is 1. The molecule has 0 aliphatic heterocycles. The number of aryl methyl sites for hydroxylation is 1. The Morgan fingerprint density at radius 1 is 1.18 bits per heavy atom. The molecule has 0 saturated heterocycles. The molecule has 0 atom stereocenters. The lowest BCUT2D eigenvalue weighted by Crippen LogP contribution is -2.04. The van der Waals surface area contributed by atoms with Crippen LogP contribution in [0, 0.1) is 0 Å². The zero-order valence-corrected chi connectivity index (χ0v) is 13.5. The maximum absolute atomic E-state index is 4.61. The van der Waals surface area contributed by atoms with Gasteiger partial charge in [-0.05, 0) is 43.2 Å². The van der Waals surface area contributed by atoms with Gasteiger partial charge in [0.2, 0.25) is 0 Å². The number of aromatic nitrogens is 5. The minimum Gasteiger partial charge on any atom is -0.275 e. The zero-order valence-electron chi connectivity index (χ0n) is 12.6. The highest BCUT2D eigenvalue weighted by Crippen LogP contribution is 2.35. The standard InChI is InChI=1S/C16H19N5S/c1-20-10-13(9-18-20)15-14-7-12(11-5-3-2-4-6-11)8-17-16(14)21(22)19-15/h7-11,22H,2-6H2,1H3. The van der Waals surface area contributed by atoms with Gasteiger partial charge in [0.05, 0.1) is 6.20 Å². The van der Waals surface area contributed by atoms with Crippen LogP contribution in [0.15, 0.2) is 24.7 Å². The first-order valence-electron chi connectivity index (χ1n) is 7.79. The molecule has 3 aromatic rings. The molecule has 4 rings (SSSR count). The number of rotatable bonds is 2. The third kappa shape index (κ3) is 2.31. The summed E-state index contributed by atoms with van der Waals surface area (Å²) in [6, 6.07) is 2.25. The van der Waals surface area contributed by atoms with E-state index in [1.807, 2.05) is 25.6 Å². The first-order valence-corrected chi connectivity index (χ1v) is 8.19. The van der Waals surface area contributed by atoms with Crippen molar-refractivity contribution in [3.05, 3.63) is 30.2 Å². The van der Waals surface area contributed by atoms with E-state index in [-0.39, 0.29) is 0 Å². The van der Waals surface area contributed by atoms with Crippen molar-refractivity contribution in [3.63, 3.8) is 0 Å². The number of nitrogens with zero attached hydrogens (tertiary/aromatic N) is 5. The Balaban J connectivity index is 1.83. The molecule has 0 N–H and O–H groups in total. The fraction of sp³-hybridized carbons (Fsp3) is 0.438. The number of thiol groups is 1. The lowest BCUT2D eigenvalue weighted by Gasteiger charge is -2.21. The summed E-state index contributed by atoms with van der Waals surface area (Å²) < 4.78 is 3.35. The van der Waals surface area contributed by atoms with Crippen molar-refractivity contribution in [1.82, 2.24) is 24.0 Å². The average Bonchev–Trinajstić information content (AvgIpc) is 3.12. The molecule has 3 heterocycles. The molecule has 0 unspecified atom stereocenters. The van der Waals surface area contributed by atoms with E-state index < -0.39 is 0 Å². The van der Waals surface area contributed by atoms with E-state index >= 15 is 0 Å². The summed E-state index contributed by atoms with van der Waals surface area (Å²) >= 11 is 4.41. The minimum atomic E-state index is 0.635. The molecule has 6 heteroatoms. The zero-order chi connectivity index (χ0) is 15.1. The second-order valence-corrected chi connectivity index (χ2v) is 6.49. The fourth-order valence-corrected chi connectivity index (χ4v) is 3.67. The largest absolute Gasteiger partial charge is 0.275 e. The Kier molecular flexibility index (Phi) is 3.41. The van der Waals surface area contributed by atoms with Gasteiger partial charge < -0.3 is 0 Å². The summed E-state index contributed by atoms with van der Waals surface area (Å²) in [5.41, 5.74) is 4.05. The SMILES string of the molecule is Cn1cc(-c2nn(S)c3ncc(C4CCCCC4)cc23)cn1. The summed E-state index contributed by atoms with van der Waals surface area (Å²) in [6.07, 6.45) is 12.4. The Morgan fingerprint density at radius 2 is 2.00 bits per heavy atom. The van der Waals surface area contributed by atoms with Crippen molar-refractivity contribution < 1.29 is 0 Å². The summed E-state index contributed by atoms with van der Waals surface area (Å²) in [4.78, 5) is 4.61. The molecular weight excluding hydrogens is 294 g/mol. The topological polar surface area (TPSA) is 48.5 Å². The molecule has 1 aliphatic rings. The van der Waals surface area contributed by atoms with Gasteiger partial charge in [-0.2, -0.15) is 14.3 Å². The van der Waals surface area contributed by atoms with E-state index in [0.29, 0.717) is 5.92 Å². The molecule has 0 spiro atoms. The Bertz CT molecular complexity index is 813. The van der Waals surface area contributed by atoms with Crippen molar-refractivity contribution in [2.75, 3.05) is 0 Å². The van der Waals surface area contributed by atoms with Crippen LogP contribution < -0.4 is 0 Å². The molecular formula is C16H19N5S. The van der Waals surface area contributed by atoms with E-state index in [9.17, 15) is 0 Å². The Hall–Kier alpha value is -1.82. The lowest BCUT2D eigenvalue weighted by atomic mass is 9.84. The van der Waals surface area contributed by atoms with E-state index in [0.717, 1.165) is 22.3 Å². The highest BCUT2D eigenvalue weighted by Gasteiger charge is 2.19. The van der Waals surface area contributed by atoms with Crippen LogP contribution in [0.4, 0.5) is 0 Å². The summed E-state index contributed by atoms with van der Waals surface area (Å²) in [5.74, 6) is 0.635. The third-order valence-corrected chi connectivity index (χ3v) is 4.86. The van der Waals surface area contributed by atoms with Crippen molar-refractivity contribution in [2.24, 2.45) is 7.05 Å². The third-order valence-electron chi connectivity index (χ3n) is 4.58. The van der Waals surface area contributed by atoms with E-state index in [1.165, 1.54) is 37.7 Å². The first-order chi connectivity index (χ1) is 10.7. The predicted octanol–water partition coefficient (Wildman–Crippen LogP) is 3.57. The molecule has 1 fully saturated rings. The maximum Gasteiger partial charge on any atom is 0.170 e. The molecule has 0 bridgehead atoms. The van der Waals surface area contributed by atoms with Gasteiger partial charge >= 0.3 is 0 Å². The lowest BCUT2D eigenvalue weighted by molar-refractivity contribution is 0.443. The summed E-state index contributed by atoms with van der Waals surface area (Å²) in [5, 5.41) is 9.83. The quantitative estimate of drug-likeness (QED) is 0.736. The van der Waals surface area contributed by atoms with Gasteiger partial charge in [-0.25, -0.2) is 4.98 Å². The average molecular weight is 313 g/mol. The fourth-order valence-electron chi connectivity index (χ4n) is 3.42. The van der Waals surface area contributed by atoms with Crippen molar-refractivity contribution in [3.8, 4) is 11.3 Å². The molecule has 114 valence electrons. The molecule has 1 aliphatic carbocycles. The van der Waals surface area contributed by atoms with Crippen molar-refractivity contribution >= 4 is 23.8 Å². The minimum absolute atomic E-state index is 0.635. The van der Waals surface area contributed by atoms with Crippen LogP contribution in [-0.2, 0) is 7.05 Å². The normalized spacial score (nSPS) is 16.5. The smallest absolute Gasteiger partial charge is 0.170 e. The van der Waals surface area contributed by atoms with Gasteiger partial charge in [-0.15, -0.1) is 0 Å². The Labute approximate surface area is 134 Å². The second kappa shape index (κ2) is 5.43. The van der Waals surface area contributed by atoms with Gasteiger partial charge in [-0.1, -0.05) is 19.3 Å². The van der Waals surface area contributed by atoms with Crippen LogP contribution in [-0.4, -0.2) is 24.0 Å². The predicted molar refractivity (Wildman–Crippen MR) is 89.9 cm³/mol. The Morgan fingerprint density at radius 3 is 2.73 bits per heavy atom. The number of hydrogen-bond donors (Lipinski definition) is 1. The van der Waals surface area contributed by atoms with E-state index in [2.05, 4.69) is 34.1 Å². The van der Waals surface area contributed by atoms with Crippen molar-refractivity contribution in [2.45, 2.75) is 38.0 Å². The van der Waals surface area contributed by atoms with Gasteiger partial charge in [-0.3, -0.25) is 4.68 Å². The van der Waals surface area contributed by atoms with Gasteiger partial charge in [0.15, 0.2) is 5.65 Å². The summed E-state index contributed by atoms with van der Waals surface area (Å²) in [6.45, 7) is 0. The highest BCUT2D eigenvalue weighted by atomic mass is 32.1. The van der Waals surface area contributed by atoms with Crippen LogP contribution in [0.2, 0.25) is 0 Å². The molecule has 1 saturated carbocycles.